The van der Waals surface area contributed by atoms with Gasteiger partial charge in [-0.15, -0.1) is 0 Å². The maximum absolute atomic E-state index is 4.62. The zero-order valence-electron chi connectivity index (χ0n) is 11.1. The molecule has 3 heteroatoms. The highest BCUT2D eigenvalue weighted by Gasteiger charge is 2.11. The Balaban J connectivity index is 2.14. The molecule has 0 atom stereocenters. The molecule has 0 saturated carbocycles. The van der Waals surface area contributed by atoms with Crippen LogP contribution in [0.1, 0.15) is 5.82 Å². The molecule has 0 saturated heterocycles. The minimum atomic E-state index is 0.939. The van der Waals surface area contributed by atoms with Gasteiger partial charge in [0, 0.05) is 11.6 Å². The van der Waals surface area contributed by atoms with E-state index in [2.05, 4.69) is 32.7 Å². The smallest absolute Gasteiger partial charge is 0.146 e. The number of pyridine rings is 1. The predicted octanol–water partition coefficient (Wildman–Crippen LogP) is 3.88. The van der Waals surface area contributed by atoms with Crippen LogP contribution in [0.15, 0.2) is 60.8 Å². The highest BCUT2D eigenvalue weighted by atomic mass is 15.1. The van der Waals surface area contributed by atoms with Crippen molar-refractivity contribution >= 4 is 21.8 Å². The van der Waals surface area contributed by atoms with Gasteiger partial charge in [-0.25, -0.2) is 9.97 Å². The molecule has 0 bridgehead atoms. The van der Waals surface area contributed by atoms with E-state index in [1.54, 1.807) is 0 Å². The van der Waals surface area contributed by atoms with Crippen LogP contribution in [0.3, 0.4) is 0 Å². The zero-order chi connectivity index (χ0) is 13.5. The first-order valence-corrected chi connectivity index (χ1v) is 6.63. The van der Waals surface area contributed by atoms with Gasteiger partial charge in [-0.2, -0.15) is 0 Å². The molecule has 0 amide bonds. The molecule has 0 aliphatic rings. The first kappa shape index (κ1) is 11.2. The number of nitrogens with zero attached hydrogens (tertiary/aromatic N) is 3. The Bertz CT molecular complexity index is 916. The lowest BCUT2D eigenvalue weighted by atomic mass is 10.1. The van der Waals surface area contributed by atoms with Crippen molar-refractivity contribution in [1.82, 2.24) is 14.5 Å². The summed E-state index contributed by atoms with van der Waals surface area (Å²) in [5.74, 6) is 1.89. The molecular weight excluding hydrogens is 246 g/mol. The van der Waals surface area contributed by atoms with Gasteiger partial charge in [0.1, 0.15) is 11.6 Å². The molecule has 2 heterocycles. The van der Waals surface area contributed by atoms with Crippen LogP contribution in [0, 0.1) is 6.92 Å². The van der Waals surface area contributed by atoms with Crippen LogP contribution in [0.5, 0.6) is 0 Å². The number of fused-ring (bicyclic) bond motifs is 2. The Morgan fingerprint density at radius 3 is 2.65 bits per heavy atom. The Kier molecular flexibility index (Phi) is 2.33. The highest BCUT2D eigenvalue weighted by Crippen LogP contribution is 2.25. The lowest BCUT2D eigenvalue weighted by Crippen LogP contribution is -2.00. The van der Waals surface area contributed by atoms with Gasteiger partial charge in [0.2, 0.25) is 0 Å². The molecule has 2 aromatic carbocycles. The minimum absolute atomic E-state index is 0.939. The van der Waals surface area contributed by atoms with Gasteiger partial charge in [0.15, 0.2) is 0 Å². The van der Waals surface area contributed by atoms with E-state index in [1.807, 2.05) is 49.5 Å². The van der Waals surface area contributed by atoms with Crippen molar-refractivity contribution in [2.75, 3.05) is 0 Å². The van der Waals surface area contributed by atoms with Crippen LogP contribution in [-0.2, 0) is 0 Å². The van der Waals surface area contributed by atoms with Crippen molar-refractivity contribution in [1.29, 1.82) is 0 Å². The molecule has 0 N–H and O–H groups in total. The van der Waals surface area contributed by atoms with Gasteiger partial charge in [-0.05, 0) is 30.5 Å². The van der Waals surface area contributed by atoms with E-state index in [4.69, 9.17) is 0 Å². The second-order valence-corrected chi connectivity index (χ2v) is 4.84. The van der Waals surface area contributed by atoms with Crippen LogP contribution in [0.4, 0.5) is 0 Å². The molecule has 0 aliphatic carbocycles. The summed E-state index contributed by atoms with van der Waals surface area (Å²) in [6.07, 6.45) is 1.85. The third-order valence-corrected chi connectivity index (χ3v) is 3.59. The van der Waals surface area contributed by atoms with Crippen LogP contribution in [-0.4, -0.2) is 14.5 Å². The Hall–Kier alpha value is -2.68. The lowest BCUT2D eigenvalue weighted by molar-refractivity contribution is 0.968. The van der Waals surface area contributed by atoms with Crippen LogP contribution in [0.2, 0.25) is 0 Å². The fourth-order valence-corrected chi connectivity index (χ4v) is 2.70. The Morgan fingerprint density at radius 1 is 0.900 bits per heavy atom. The average Bonchev–Trinajstić information content (AvgIpc) is 2.82. The first-order chi connectivity index (χ1) is 9.84. The van der Waals surface area contributed by atoms with E-state index in [9.17, 15) is 0 Å². The normalized spacial score (nSPS) is 11.2. The van der Waals surface area contributed by atoms with Gasteiger partial charge in [-0.1, -0.05) is 36.4 Å². The van der Waals surface area contributed by atoms with Crippen LogP contribution in [0.25, 0.3) is 27.6 Å². The van der Waals surface area contributed by atoms with E-state index in [0.717, 1.165) is 28.1 Å². The molecule has 0 fully saturated rings. The van der Waals surface area contributed by atoms with Crippen molar-refractivity contribution in [2.45, 2.75) is 6.92 Å². The summed E-state index contributed by atoms with van der Waals surface area (Å²) >= 11 is 0. The van der Waals surface area contributed by atoms with Gasteiger partial charge >= 0.3 is 0 Å². The maximum Gasteiger partial charge on any atom is 0.146 e. The first-order valence-electron chi connectivity index (χ1n) is 6.63. The summed E-state index contributed by atoms with van der Waals surface area (Å²) in [6, 6.07) is 18.5. The summed E-state index contributed by atoms with van der Waals surface area (Å²) < 4.78 is 2.12. The van der Waals surface area contributed by atoms with Crippen LogP contribution < -0.4 is 0 Å². The topological polar surface area (TPSA) is 30.7 Å². The molecule has 96 valence electrons. The molecule has 4 aromatic rings. The number of hydrogen-bond donors (Lipinski definition) is 0. The predicted molar refractivity (Wildman–Crippen MR) is 81.1 cm³/mol. The summed E-state index contributed by atoms with van der Waals surface area (Å²) in [4.78, 5) is 9.20. The standard InChI is InChI=1S/C17H13N3/c1-12-19-15-8-4-5-9-16(15)20(12)17-14-7-3-2-6-13(14)10-11-18-17/h2-11H,1H3. The summed E-state index contributed by atoms with van der Waals surface area (Å²) in [5, 5.41) is 2.33. The lowest BCUT2D eigenvalue weighted by Gasteiger charge is -2.09. The van der Waals surface area contributed by atoms with Gasteiger partial charge in [0.05, 0.1) is 11.0 Å². The Labute approximate surface area is 116 Å². The number of benzene rings is 2. The largest absolute Gasteiger partial charge is 0.280 e. The Morgan fingerprint density at radius 2 is 1.70 bits per heavy atom. The second-order valence-electron chi connectivity index (χ2n) is 4.84. The van der Waals surface area contributed by atoms with Crippen LogP contribution >= 0.6 is 0 Å². The zero-order valence-corrected chi connectivity index (χ0v) is 11.1. The highest BCUT2D eigenvalue weighted by molar-refractivity contribution is 5.90. The number of hydrogen-bond acceptors (Lipinski definition) is 2. The van der Waals surface area contributed by atoms with Crippen molar-refractivity contribution < 1.29 is 0 Å². The monoisotopic (exact) mass is 259 g/mol. The molecule has 0 spiro atoms. The maximum atomic E-state index is 4.62. The van der Waals surface area contributed by atoms with Gasteiger partial charge in [0.25, 0.3) is 0 Å². The van der Waals surface area contributed by atoms with E-state index in [1.165, 1.54) is 5.39 Å². The summed E-state index contributed by atoms with van der Waals surface area (Å²) in [5.41, 5.74) is 2.09. The van der Waals surface area contributed by atoms with Gasteiger partial charge in [-0.3, -0.25) is 4.57 Å². The number of aromatic nitrogens is 3. The molecule has 3 nitrogen and oxygen atoms in total. The van der Waals surface area contributed by atoms with Crippen molar-refractivity contribution in [3.05, 3.63) is 66.6 Å². The van der Waals surface area contributed by atoms with E-state index in [0.29, 0.717) is 0 Å². The molecule has 0 aliphatic heterocycles. The second kappa shape index (κ2) is 4.17. The SMILES string of the molecule is Cc1nc2ccccc2n1-c1nccc2ccccc12. The minimum Gasteiger partial charge on any atom is -0.280 e. The van der Waals surface area contributed by atoms with E-state index in [-0.39, 0.29) is 0 Å². The quantitative estimate of drug-likeness (QED) is 0.519. The fourth-order valence-electron chi connectivity index (χ4n) is 2.70. The molecule has 0 unspecified atom stereocenters. The number of rotatable bonds is 1. The van der Waals surface area contributed by atoms with E-state index >= 15 is 0 Å². The van der Waals surface area contributed by atoms with Gasteiger partial charge < -0.3 is 0 Å². The average molecular weight is 259 g/mol. The molecule has 2 aromatic heterocycles. The number of imidazole rings is 1. The third-order valence-electron chi connectivity index (χ3n) is 3.59. The van der Waals surface area contributed by atoms with Crippen molar-refractivity contribution in [3.63, 3.8) is 0 Å². The molecule has 4 rings (SSSR count). The van der Waals surface area contributed by atoms with Crippen molar-refractivity contribution in [2.24, 2.45) is 0 Å². The molecule has 20 heavy (non-hydrogen) atoms. The summed E-state index contributed by atoms with van der Waals surface area (Å²) in [6.45, 7) is 2.02. The fraction of sp³-hybridized carbons (Fsp3) is 0.0588. The third kappa shape index (κ3) is 1.53. The van der Waals surface area contributed by atoms with E-state index < -0.39 is 0 Å². The molecular formula is C17H13N3. The van der Waals surface area contributed by atoms with Crippen molar-refractivity contribution in [3.8, 4) is 5.82 Å². The summed E-state index contributed by atoms with van der Waals surface area (Å²) in [7, 11) is 0. The molecule has 0 radical (unpaired) electrons. The number of para-hydroxylation sites is 2. The number of aryl methyl sites for hydroxylation is 1.